The summed E-state index contributed by atoms with van der Waals surface area (Å²) in [6.07, 6.45) is 4.94. The van der Waals surface area contributed by atoms with E-state index in [2.05, 4.69) is 0 Å². The fourth-order valence-corrected chi connectivity index (χ4v) is 2.45. The molecule has 0 spiro atoms. The van der Waals surface area contributed by atoms with E-state index in [1.165, 1.54) is 12.0 Å². The van der Waals surface area contributed by atoms with Crippen molar-refractivity contribution in [3.63, 3.8) is 0 Å². The molecule has 1 saturated carbocycles. The van der Waals surface area contributed by atoms with Gasteiger partial charge >= 0.3 is 0 Å². The van der Waals surface area contributed by atoms with Crippen LogP contribution in [-0.4, -0.2) is 18.9 Å². The van der Waals surface area contributed by atoms with Crippen molar-refractivity contribution in [2.75, 3.05) is 13.2 Å². The number of hydrogen-bond acceptors (Lipinski definition) is 3. The zero-order valence-electron chi connectivity index (χ0n) is 10.7. The maximum atomic E-state index is 11.8. The molecule has 0 bridgehead atoms. The maximum absolute atomic E-state index is 11.8. The van der Waals surface area contributed by atoms with Crippen molar-refractivity contribution in [3.05, 3.63) is 29.8 Å². The number of Topliss-reactive ketones (excluding diaryl/α,β-unsaturated/α-hetero) is 1. The Labute approximate surface area is 108 Å². The van der Waals surface area contributed by atoms with Crippen LogP contribution in [0, 0.1) is 5.92 Å². The summed E-state index contributed by atoms with van der Waals surface area (Å²) in [5, 5.41) is 0. The third kappa shape index (κ3) is 3.57. The van der Waals surface area contributed by atoms with Crippen molar-refractivity contribution in [2.45, 2.75) is 32.1 Å². The number of ether oxygens (including phenoxy) is 1. The molecule has 1 unspecified atom stereocenters. The Morgan fingerprint density at radius 1 is 1.22 bits per heavy atom. The molecule has 0 saturated heterocycles. The highest BCUT2D eigenvalue weighted by atomic mass is 16.5. The lowest BCUT2D eigenvalue weighted by molar-refractivity contribution is -0.124. The third-order valence-electron chi connectivity index (χ3n) is 3.47. The summed E-state index contributed by atoms with van der Waals surface area (Å²) in [7, 11) is 0. The Kier molecular flexibility index (Phi) is 4.76. The van der Waals surface area contributed by atoms with Crippen LogP contribution < -0.4 is 10.5 Å². The monoisotopic (exact) mass is 247 g/mol. The van der Waals surface area contributed by atoms with Gasteiger partial charge in [0.25, 0.3) is 0 Å². The molecule has 1 aromatic carbocycles. The standard InChI is InChI=1S/C15H21NO2/c16-9-10-18-14-7-5-12(6-8-14)11-13-3-1-2-4-15(13)17/h5-8,13H,1-4,9-11,16H2. The smallest absolute Gasteiger partial charge is 0.136 e. The highest BCUT2D eigenvalue weighted by molar-refractivity contribution is 5.81. The minimum Gasteiger partial charge on any atom is -0.492 e. The van der Waals surface area contributed by atoms with Crippen molar-refractivity contribution in [1.29, 1.82) is 0 Å². The second-order valence-corrected chi connectivity index (χ2v) is 4.89. The molecule has 0 aromatic heterocycles. The van der Waals surface area contributed by atoms with Crippen molar-refractivity contribution < 1.29 is 9.53 Å². The molecule has 2 N–H and O–H groups in total. The lowest BCUT2D eigenvalue weighted by atomic mass is 9.84. The van der Waals surface area contributed by atoms with Gasteiger partial charge in [0, 0.05) is 18.9 Å². The van der Waals surface area contributed by atoms with Crippen LogP contribution in [0.5, 0.6) is 5.75 Å². The second kappa shape index (κ2) is 6.55. The number of carbonyl (C=O) groups excluding carboxylic acids is 1. The van der Waals surface area contributed by atoms with E-state index in [9.17, 15) is 4.79 Å². The summed E-state index contributed by atoms with van der Waals surface area (Å²) in [5.74, 6) is 1.51. The number of nitrogens with two attached hydrogens (primary N) is 1. The molecule has 1 aromatic rings. The molecule has 0 amide bonds. The fraction of sp³-hybridized carbons (Fsp3) is 0.533. The summed E-state index contributed by atoms with van der Waals surface area (Å²) < 4.78 is 5.43. The van der Waals surface area contributed by atoms with Crippen LogP contribution in [0.25, 0.3) is 0 Å². The Balaban J connectivity index is 1.91. The first-order valence-electron chi connectivity index (χ1n) is 6.74. The largest absolute Gasteiger partial charge is 0.492 e. The number of benzene rings is 1. The minimum absolute atomic E-state index is 0.231. The molecule has 1 aliphatic rings. The van der Waals surface area contributed by atoms with E-state index < -0.39 is 0 Å². The quantitative estimate of drug-likeness (QED) is 0.868. The molecule has 1 fully saturated rings. The summed E-state index contributed by atoms with van der Waals surface area (Å²) in [6, 6.07) is 8.01. The molecular weight excluding hydrogens is 226 g/mol. The van der Waals surface area contributed by atoms with Crippen LogP contribution in [0.4, 0.5) is 0 Å². The Bertz CT molecular complexity index is 386. The third-order valence-corrected chi connectivity index (χ3v) is 3.47. The summed E-state index contributed by atoms with van der Waals surface area (Å²) in [5.41, 5.74) is 6.60. The normalized spacial score (nSPS) is 19.8. The van der Waals surface area contributed by atoms with Crippen molar-refractivity contribution in [1.82, 2.24) is 0 Å². The highest BCUT2D eigenvalue weighted by Gasteiger charge is 2.22. The van der Waals surface area contributed by atoms with Gasteiger partial charge in [0.2, 0.25) is 0 Å². The van der Waals surface area contributed by atoms with Gasteiger partial charge < -0.3 is 10.5 Å². The topological polar surface area (TPSA) is 52.3 Å². The Morgan fingerprint density at radius 3 is 2.67 bits per heavy atom. The molecule has 1 atom stereocenters. The molecule has 0 heterocycles. The molecule has 3 nitrogen and oxygen atoms in total. The van der Waals surface area contributed by atoms with Crippen molar-refractivity contribution >= 4 is 5.78 Å². The molecule has 1 aliphatic carbocycles. The first-order chi connectivity index (χ1) is 8.79. The summed E-state index contributed by atoms with van der Waals surface area (Å²) in [4.78, 5) is 11.8. The van der Waals surface area contributed by atoms with Crippen LogP contribution in [-0.2, 0) is 11.2 Å². The highest BCUT2D eigenvalue weighted by Crippen LogP contribution is 2.24. The lowest BCUT2D eigenvalue weighted by Gasteiger charge is -2.20. The van der Waals surface area contributed by atoms with Crippen LogP contribution in [0.15, 0.2) is 24.3 Å². The van der Waals surface area contributed by atoms with E-state index in [0.717, 1.165) is 31.4 Å². The van der Waals surface area contributed by atoms with Crippen LogP contribution in [0.2, 0.25) is 0 Å². The van der Waals surface area contributed by atoms with Gasteiger partial charge in [-0.05, 0) is 37.0 Å². The average molecular weight is 247 g/mol. The van der Waals surface area contributed by atoms with Gasteiger partial charge in [0.15, 0.2) is 0 Å². The fourth-order valence-electron chi connectivity index (χ4n) is 2.45. The van der Waals surface area contributed by atoms with E-state index in [-0.39, 0.29) is 5.92 Å². The van der Waals surface area contributed by atoms with Crippen LogP contribution in [0.3, 0.4) is 0 Å². The molecule has 3 heteroatoms. The van der Waals surface area contributed by atoms with E-state index in [1.54, 1.807) is 0 Å². The number of rotatable bonds is 5. The van der Waals surface area contributed by atoms with Gasteiger partial charge in [-0.2, -0.15) is 0 Å². The number of ketones is 1. The SMILES string of the molecule is NCCOc1ccc(CC2CCCCC2=O)cc1. The minimum atomic E-state index is 0.231. The lowest BCUT2D eigenvalue weighted by Crippen LogP contribution is -2.21. The summed E-state index contributed by atoms with van der Waals surface area (Å²) in [6.45, 7) is 1.07. The van der Waals surface area contributed by atoms with Gasteiger partial charge in [-0.1, -0.05) is 18.6 Å². The molecular formula is C15H21NO2. The van der Waals surface area contributed by atoms with Gasteiger partial charge in [0.05, 0.1) is 0 Å². The summed E-state index contributed by atoms with van der Waals surface area (Å²) >= 11 is 0. The molecule has 18 heavy (non-hydrogen) atoms. The van der Waals surface area contributed by atoms with Crippen LogP contribution >= 0.6 is 0 Å². The van der Waals surface area contributed by atoms with Crippen molar-refractivity contribution in [2.24, 2.45) is 11.7 Å². The first kappa shape index (κ1) is 13.1. The van der Waals surface area contributed by atoms with Gasteiger partial charge in [-0.25, -0.2) is 0 Å². The van der Waals surface area contributed by atoms with Gasteiger partial charge in [-0.3, -0.25) is 4.79 Å². The predicted molar refractivity (Wildman–Crippen MR) is 71.7 cm³/mol. The van der Waals surface area contributed by atoms with E-state index in [4.69, 9.17) is 10.5 Å². The molecule has 2 rings (SSSR count). The second-order valence-electron chi connectivity index (χ2n) is 4.89. The predicted octanol–water partition coefficient (Wildman–Crippen LogP) is 2.33. The average Bonchev–Trinajstić information content (AvgIpc) is 2.41. The molecule has 0 aliphatic heterocycles. The maximum Gasteiger partial charge on any atom is 0.136 e. The van der Waals surface area contributed by atoms with E-state index in [1.807, 2.05) is 24.3 Å². The molecule has 0 radical (unpaired) electrons. The Morgan fingerprint density at radius 2 is 2.00 bits per heavy atom. The van der Waals surface area contributed by atoms with Crippen LogP contribution in [0.1, 0.15) is 31.2 Å². The van der Waals surface area contributed by atoms with E-state index >= 15 is 0 Å². The van der Waals surface area contributed by atoms with Gasteiger partial charge in [-0.15, -0.1) is 0 Å². The van der Waals surface area contributed by atoms with Crippen molar-refractivity contribution in [3.8, 4) is 5.75 Å². The first-order valence-corrected chi connectivity index (χ1v) is 6.74. The van der Waals surface area contributed by atoms with E-state index in [0.29, 0.717) is 18.9 Å². The Hall–Kier alpha value is -1.35. The number of hydrogen-bond donors (Lipinski definition) is 1. The zero-order valence-corrected chi connectivity index (χ0v) is 10.7. The number of carbonyl (C=O) groups is 1. The zero-order chi connectivity index (χ0) is 12.8. The molecule has 98 valence electrons. The van der Waals surface area contributed by atoms with Gasteiger partial charge in [0.1, 0.15) is 18.1 Å².